The Hall–Kier alpha value is -1.42. The van der Waals surface area contributed by atoms with Crippen molar-refractivity contribution < 1.29 is 8.42 Å². The number of sulfone groups is 1. The highest BCUT2D eigenvalue weighted by Crippen LogP contribution is 2.13. The molecule has 3 nitrogen and oxygen atoms in total. The van der Waals surface area contributed by atoms with E-state index in [4.69, 9.17) is 0 Å². The molecule has 0 amide bonds. The van der Waals surface area contributed by atoms with Gasteiger partial charge in [0.2, 0.25) is 0 Å². The maximum atomic E-state index is 11.4. The van der Waals surface area contributed by atoms with Gasteiger partial charge in [-0.3, -0.25) is 4.99 Å². The third-order valence-corrected chi connectivity index (χ3v) is 2.91. The van der Waals surface area contributed by atoms with Crippen molar-refractivity contribution in [3.63, 3.8) is 0 Å². The van der Waals surface area contributed by atoms with Gasteiger partial charge < -0.3 is 0 Å². The van der Waals surface area contributed by atoms with Crippen LogP contribution in [0.3, 0.4) is 0 Å². The molecule has 0 fully saturated rings. The van der Waals surface area contributed by atoms with E-state index in [1.54, 1.807) is 31.2 Å². The predicted octanol–water partition coefficient (Wildman–Crippen LogP) is 2.04. The lowest BCUT2D eigenvalue weighted by Crippen LogP contribution is -2.01. The quantitative estimate of drug-likeness (QED) is 0.736. The fourth-order valence-electron chi connectivity index (χ4n) is 1.10. The number of benzene rings is 1. The summed E-state index contributed by atoms with van der Waals surface area (Å²) in [4.78, 5) is 4.27. The summed E-state index contributed by atoms with van der Waals surface area (Å²) in [5.74, 6) is 0. The van der Waals surface area contributed by atoms with Crippen LogP contribution in [0.15, 0.2) is 46.4 Å². The Balaban J connectivity index is 3.25. The van der Waals surface area contributed by atoms with Crippen molar-refractivity contribution in [1.29, 1.82) is 0 Å². The maximum Gasteiger partial charge on any atom is 0.176 e. The van der Waals surface area contributed by atoms with Crippen molar-refractivity contribution >= 4 is 16.1 Å². The van der Waals surface area contributed by atoms with Gasteiger partial charge in [0.05, 0.1) is 4.90 Å². The Labute approximate surface area is 90.1 Å². The summed E-state index contributed by atoms with van der Waals surface area (Å²) in [5.41, 5.74) is 1.22. The first-order valence-electron chi connectivity index (χ1n) is 4.40. The molecule has 0 saturated carbocycles. The van der Waals surface area contributed by atoms with Crippen LogP contribution in [-0.4, -0.2) is 20.9 Å². The van der Waals surface area contributed by atoms with Crippen molar-refractivity contribution in [3.8, 4) is 0 Å². The second kappa shape index (κ2) is 4.40. The van der Waals surface area contributed by atoms with Crippen LogP contribution in [0.25, 0.3) is 0 Å². The van der Waals surface area contributed by atoms with Crippen LogP contribution >= 0.6 is 0 Å². The largest absolute Gasteiger partial charge is 0.262 e. The van der Waals surface area contributed by atoms with E-state index in [0.29, 0.717) is 11.3 Å². The molecule has 0 aliphatic heterocycles. The molecule has 0 heterocycles. The number of rotatable bonds is 3. The number of nitrogens with zero attached hydrogens (tertiary/aromatic N) is 1. The molecule has 1 aromatic carbocycles. The number of hydrogen-bond acceptors (Lipinski definition) is 3. The van der Waals surface area contributed by atoms with Crippen LogP contribution in [0.5, 0.6) is 0 Å². The molecular weight excluding hydrogens is 210 g/mol. The third kappa shape index (κ3) is 3.32. The topological polar surface area (TPSA) is 46.5 Å². The zero-order chi connectivity index (χ0) is 11.5. The van der Waals surface area contributed by atoms with Crippen LogP contribution in [-0.2, 0) is 9.84 Å². The average Bonchev–Trinajstić information content (AvgIpc) is 2.13. The standard InChI is InChI=1S/C11H13NO2S/c1-9(2)12-8-10-6-4-5-7-11(10)15(3,13)14/h4-8H,1H2,2-3H3/b12-8+. The van der Waals surface area contributed by atoms with E-state index in [9.17, 15) is 8.42 Å². The second-order valence-electron chi connectivity index (χ2n) is 3.30. The highest BCUT2D eigenvalue weighted by Gasteiger charge is 2.10. The van der Waals surface area contributed by atoms with Crippen LogP contribution in [0.1, 0.15) is 12.5 Å². The molecule has 0 aliphatic carbocycles. The lowest BCUT2D eigenvalue weighted by atomic mass is 10.2. The van der Waals surface area contributed by atoms with E-state index in [1.807, 2.05) is 0 Å². The fraction of sp³-hybridized carbons (Fsp3) is 0.182. The number of allylic oxidation sites excluding steroid dienone is 1. The van der Waals surface area contributed by atoms with Gasteiger partial charge in [0.1, 0.15) is 0 Å². The van der Waals surface area contributed by atoms with E-state index in [0.717, 1.165) is 0 Å². The zero-order valence-electron chi connectivity index (χ0n) is 8.77. The monoisotopic (exact) mass is 223 g/mol. The molecule has 1 rings (SSSR count). The van der Waals surface area contributed by atoms with Gasteiger partial charge in [0, 0.05) is 23.7 Å². The van der Waals surface area contributed by atoms with E-state index in [1.165, 1.54) is 12.5 Å². The normalized spacial score (nSPS) is 11.9. The molecule has 0 unspecified atom stereocenters. The third-order valence-electron chi connectivity index (χ3n) is 1.74. The summed E-state index contributed by atoms with van der Waals surface area (Å²) in [6.45, 7) is 5.36. The lowest BCUT2D eigenvalue weighted by molar-refractivity contribution is 0.602. The first kappa shape index (κ1) is 11.7. The molecule has 0 aliphatic rings. The SMILES string of the molecule is C=C(C)/N=C/c1ccccc1S(C)(=O)=O. The summed E-state index contributed by atoms with van der Waals surface area (Å²) in [6.07, 6.45) is 2.69. The highest BCUT2D eigenvalue weighted by molar-refractivity contribution is 7.90. The summed E-state index contributed by atoms with van der Waals surface area (Å²) >= 11 is 0. The van der Waals surface area contributed by atoms with Gasteiger partial charge in [0.25, 0.3) is 0 Å². The smallest absolute Gasteiger partial charge is 0.176 e. The van der Waals surface area contributed by atoms with E-state index in [-0.39, 0.29) is 4.90 Å². The minimum Gasteiger partial charge on any atom is -0.262 e. The number of aliphatic imine (C=N–C) groups is 1. The highest BCUT2D eigenvalue weighted by atomic mass is 32.2. The molecular formula is C11H13NO2S. The molecule has 0 N–H and O–H groups in total. The molecule has 0 aromatic heterocycles. The van der Waals surface area contributed by atoms with Crippen molar-refractivity contribution in [2.24, 2.45) is 4.99 Å². The molecule has 0 radical (unpaired) electrons. The van der Waals surface area contributed by atoms with Crippen LogP contribution in [0.2, 0.25) is 0 Å². The summed E-state index contributed by atoms with van der Waals surface area (Å²) in [5, 5.41) is 0. The van der Waals surface area contributed by atoms with Gasteiger partial charge in [-0.1, -0.05) is 24.8 Å². The molecule has 80 valence electrons. The molecule has 1 aromatic rings. The summed E-state index contributed by atoms with van der Waals surface area (Å²) in [6, 6.07) is 6.74. The Morgan fingerprint density at radius 3 is 2.53 bits per heavy atom. The van der Waals surface area contributed by atoms with Gasteiger partial charge in [0.15, 0.2) is 9.84 Å². The first-order chi connectivity index (χ1) is 6.91. The van der Waals surface area contributed by atoms with Gasteiger partial charge >= 0.3 is 0 Å². The molecule has 0 spiro atoms. The molecule has 4 heteroatoms. The van der Waals surface area contributed by atoms with Gasteiger partial charge in [-0.25, -0.2) is 8.42 Å². The van der Waals surface area contributed by atoms with E-state index in [2.05, 4.69) is 11.6 Å². The molecule has 0 saturated heterocycles. The van der Waals surface area contributed by atoms with E-state index >= 15 is 0 Å². The summed E-state index contributed by atoms with van der Waals surface area (Å²) in [7, 11) is -3.20. The van der Waals surface area contributed by atoms with Gasteiger partial charge in [-0.05, 0) is 13.0 Å². The second-order valence-corrected chi connectivity index (χ2v) is 5.29. The van der Waals surface area contributed by atoms with Crippen LogP contribution < -0.4 is 0 Å². The van der Waals surface area contributed by atoms with Gasteiger partial charge in [-0.2, -0.15) is 0 Å². The Bertz CT molecular complexity index is 501. The predicted molar refractivity (Wildman–Crippen MR) is 62.0 cm³/mol. The van der Waals surface area contributed by atoms with Crippen molar-refractivity contribution in [3.05, 3.63) is 42.1 Å². The lowest BCUT2D eigenvalue weighted by Gasteiger charge is -2.02. The minimum atomic E-state index is -3.20. The first-order valence-corrected chi connectivity index (χ1v) is 6.29. The number of hydrogen-bond donors (Lipinski definition) is 0. The van der Waals surface area contributed by atoms with Crippen molar-refractivity contribution in [2.45, 2.75) is 11.8 Å². The minimum absolute atomic E-state index is 0.287. The van der Waals surface area contributed by atoms with Crippen molar-refractivity contribution in [1.82, 2.24) is 0 Å². The maximum absolute atomic E-state index is 11.4. The van der Waals surface area contributed by atoms with Crippen LogP contribution in [0.4, 0.5) is 0 Å². The zero-order valence-corrected chi connectivity index (χ0v) is 9.58. The van der Waals surface area contributed by atoms with E-state index < -0.39 is 9.84 Å². The summed E-state index contributed by atoms with van der Waals surface area (Å²) < 4.78 is 22.8. The molecule has 15 heavy (non-hydrogen) atoms. The molecule has 0 atom stereocenters. The Morgan fingerprint density at radius 2 is 2.00 bits per heavy atom. The fourth-order valence-corrected chi connectivity index (χ4v) is 1.98. The van der Waals surface area contributed by atoms with Crippen molar-refractivity contribution in [2.75, 3.05) is 6.26 Å². The molecule has 0 bridgehead atoms. The average molecular weight is 223 g/mol. The van der Waals surface area contributed by atoms with Crippen LogP contribution in [0, 0.1) is 0 Å². The Kier molecular flexibility index (Phi) is 3.42. The van der Waals surface area contributed by atoms with Gasteiger partial charge in [-0.15, -0.1) is 0 Å². The Morgan fingerprint density at radius 1 is 1.40 bits per heavy atom.